The minimum Gasteiger partial charge on any atom is -0.396 e. The number of hydrogen-bond donors (Lipinski definition) is 3. The van der Waals surface area contributed by atoms with Crippen LogP contribution in [0.3, 0.4) is 0 Å². The maximum atomic E-state index is 9.44. The van der Waals surface area contributed by atoms with Crippen LogP contribution in [-0.2, 0) is 6.42 Å². The first-order valence-electron chi connectivity index (χ1n) is 9.41. The molecule has 0 radical (unpaired) electrons. The summed E-state index contributed by atoms with van der Waals surface area (Å²) in [6, 6.07) is 3.82. The Morgan fingerprint density at radius 2 is 2.08 bits per heavy atom. The maximum absolute atomic E-state index is 9.44. The number of aliphatic imine (C=N–C) groups is 1. The molecule has 1 saturated carbocycles. The lowest BCUT2D eigenvalue weighted by Gasteiger charge is -2.35. The quantitative estimate of drug-likeness (QED) is 0.375. The van der Waals surface area contributed by atoms with Crippen LogP contribution >= 0.6 is 11.6 Å². The van der Waals surface area contributed by atoms with Crippen LogP contribution in [0.25, 0.3) is 0 Å². The van der Waals surface area contributed by atoms with E-state index in [9.17, 15) is 5.11 Å². The fraction of sp³-hybridized carbons (Fsp3) is 0.684. The van der Waals surface area contributed by atoms with Crippen molar-refractivity contribution in [3.05, 3.63) is 29.0 Å². The summed E-state index contributed by atoms with van der Waals surface area (Å²) in [4.78, 5) is 8.93. The summed E-state index contributed by atoms with van der Waals surface area (Å²) in [6.07, 6.45) is 9.70. The fourth-order valence-electron chi connectivity index (χ4n) is 3.49. The molecule has 1 heterocycles. The van der Waals surface area contributed by atoms with Crippen LogP contribution in [0.15, 0.2) is 23.3 Å². The molecule has 2 rings (SSSR count). The van der Waals surface area contributed by atoms with Gasteiger partial charge >= 0.3 is 0 Å². The van der Waals surface area contributed by atoms with Gasteiger partial charge in [-0.3, -0.25) is 4.99 Å². The maximum Gasteiger partial charge on any atom is 0.191 e. The first-order chi connectivity index (χ1) is 12.2. The minimum absolute atomic E-state index is 0.176. The van der Waals surface area contributed by atoms with E-state index < -0.39 is 0 Å². The molecule has 1 aliphatic carbocycles. The minimum atomic E-state index is 0.176. The lowest BCUT2D eigenvalue weighted by molar-refractivity contribution is 0.137. The summed E-state index contributed by atoms with van der Waals surface area (Å²) >= 11 is 5.82. The van der Waals surface area contributed by atoms with Crippen molar-refractivity contribution in [2.75, 3.05) is 26.2 Å². The molecule has 1 fully saturated rings. The Hall–Kier alpha value is -1.33. The van der Waals surface area contributed by atoms with Crippen molar-refractivity contribution in [3.63, 3.8) is 0 Å². The van der Waals surface area contributed by atoms with E-state index in [0.29, 0.717) is 5.15 Å². The van der Waals surface area contributed by atoms with Gasteiger partial charge in [0.2, 0.25) is 0 Å². The number of rotatable bonds is 8. The van der Waals surface area contributed by atoms with Gasteiger partial charge in [-0.2, -0.15) is 0 Å². The smallest absolute Gasteiger partial charge is 0.191 e. The third-order valence-electron chi connectivity index (χ3n) is 4.97. The molecule has 0 atom stereocenters. The molecule has 0 aromatic carbocycles. The SMILES string of the molecule is CCNC(=NCC1(CCO)CCCCC1)NCCc1ccc(Cl)nc1. The van der Waals surface area contributed by atoms with Crippen LogP contribution in [0, 0.1) is 5.41 Å². The summed E-state index contributed by atoms with van der Waals surface area (Å²) in [5, 5.41) is 16.7. The van der Waals surface area contributed by atoms with Crippen LogP contribution in [0.2, 0.25) is 5.15 Å². The highest BCUT2D eigenvalue weighted by Gasteiger charge is 2.31. The molecule has 0 saturated heterocycles. The third-order valence-corrected chi connectivity index (χ3v) is 5.19. The van der Waals surface area contributed by atoms with Crippen molar-refractivity contribution in [3.8, 4) is 0 Å². The number of aliphatic hydroxyl groups is 1. The van der Waals surface area contributed by atoms with Gasteiger partial charge in [-0.25, -0.2) is 4.98 Å². The zero-order chi connectivity index (χ0) is 18.0. The summed E-state index contributed by atoms with van der Waals surface area (Å²) in [6.45, 7) is 4.74. The number of guanidine groups is 1. The average molecular weight is 367 g/mol. The number of halogens is 1. The number of pyridine rings is 1. The molecule has 0 spiro atoms. The molecule has 0 aliphatic heterocycles. The molecule has 1 aromatic heterocycles. The van der Waals surface area contributed by atoms with E-state index in [0.717, 1.165) is 44.0 Å². The van der Waals surface area contributed by atoms with Crippen LogP contribution in [0.5, 0.6) is 0 Å². The van der Waals surface area contributed by atoms with Gasteiger partial charge in [0.25, 0.3) is 0 Å². The van der Waals surface area contributed by atoms with Crippen molar-refractivity contribution in [1.82, 2.24) is 15.6 Å². The Morgan fingerprint density at radius 1 is 1.28 bits per heavy atom. The fourth-order valence-corrected chi connectivity index (χ4v) is 3.61. The summed E-state index contributed by atoms with van der Waals surface area (Å²) in [7, 11) is 0. The number of hydrogen-bond acceptors (Lipinski definition) is 3. The van der Waals surface area contributed by atoms with Crippen molar-refractivity contribution in [2.24, 2.45) is 10.4 Å². The van der Waals surface area contributed by atoms with E-state index in [4.69, 9.17) is 16.6 Å². The van der Waals surface area contributed by atoms with Gasteiger partial charge in [0.05, 0.1) is 0 Å². The summed E-state index contributed by atoms with van der Waals surface area (Å²) < 4.78 is 0. The molecule has 1 aromatic rings. The van der Waals surface area contributed by atoms with Gasteiger partial charge in [0.1, 0.15) is 5.15 Å². The Kier molecular flexibility index (Phi) is 8.49. The van der Waals surface area contributed by atoms with Gasteiger partial charge in [-0.15, -0.1) is 0 Å². The second-order valence-electron chi connectivity index (χ2n) is 6.90. The van der Waals surface area contributed by atoms with Gasteiger partial charge in [0, 0.05) is 32.4 Å². The van der Waals surface area contributed by atoms with Crippen LogP contribution in [-0.4, -0.2) is 42.3 Å². The van der Waals surface area contributed by atoms with E-state index in [1.165, 1.54) is 32.1 Å². The lowest BCUT2D eigenvalue weighted by atomic mass is 9.72. The Labute approximate surface area is 156 Å². The topological polar surface area (TPSA) is 69.5 Å². The first-order valence-corrected chi connectivity index (χ1v) is 9.79. The van der Waals surface area contributed by atoms with Crippen molar-refractivity contribution < 1.29 is 5.11 Å². The standard InChI is InChI=1S/C19H31ClN4O/c1-2-21-18(22-12-8-16-6-7-17(20)23-14-16)24-15-19(11-13-25)9-4-3-5-10-19/h6-7,14,25H,2-5,8-13,15H2,1H3,(H2,21,22,24). The predicted molar refractivity (Wildman–Crippen MR) is 104 cm³/mol. The number of nitrogens with zero attached hydrogens (tertiary/aromatic N) is 2. The van der Waals surface area contributed by atoms with Gasteiger partial charge in [0.15, 0.2) is 5.96 Å². The van der Waals surface area contributed by atoms with Crippen molar-refractivity contribution >= 4 is 17.6 Å². The highest BCUT2D eigenvalue weighted by atomic mass is 35.5. The highest BCUT2D eigenvalue weighted by Crippen LogP contribution is 2.39. The van der Waals surface area contributed by atoms with Crippen LogP contribution < -0.4 is 10.6 Å². The zero-order valence-corrected chi connectivity index (χ0v) is 16.0. The molecule has 0 bridgehead atoms. The summed E-state index contributed by atoms with van der Waals surface area (Å²) in [5.74, 6) is 0.854. The Bertz CT molecular complexity index is 521. The zero-order valence-electron chi connectivity index (χ0n) is 15.2. The molecule has 5 nitrogen and oxygen atoms in total. The van der Waals surface area contributed by atoms with Gasteiger partial charge in [-0.1, -0.05) is 36.9 Å². The molecule has 6 heteroatoms. The predicted octanol–water partition coefficient (Wildman–Crippen LogP) is 3.17. The normalized spacial score (nSPS) is 17.3. The molecule has 0 unspecified atom stereocenters. The van der Waals surface area contributed by atoms with E-state index in [-0.39, 0.29) is 12.0 Å². The Balaban J connectivity index is 1.89. The number of aromatic nitrogens is 1. The molecule has 3 N–H and O–H groups in total. The van der Waals surface area contributed by atoms with Crippen LogP contribution in [0.1, 0.15) is 51.0 Å². The molecule has 1 aliphatic rings. The van der Waals surface area contributed by atoms with Gasteiger partial charge in [-0.05, 0) is 49.7 Å². The molecule has 0 amide bonds. The second kappa shape index (κ2) is 10.6. The first kappa shape index (κ1) is 20.0. The molecular weight excluding hydrogens is 336 g/mol. The molecular formula is C19H31ClN4O. The van der Waals surface area contributed by atoms with Crippen LogP contribution in [0.4, 0.5) is 0 Å². The monoisotopic (exact) mass is 366 g/mol. The average Bonchev–Trinajstić information content (AvgIpc) is 2.62. The van der Waals surface area contributed by atoms with E-state index >= 15 is 0 Å². The van der Waals surface area contributed by atoms with Gasteiger partial charge < -0.3 is 15.7 Å². The number of aliphatic hydroxyl groups excluding tert-OH is 1. The second-order valence-corrected chi connectivity index (χ2v) is 7.28. The third kappa shape index (κ3) is 6.83. The number of nitrogens with one attached hydrogen (secondary N) is 2. The van der Waals surface area contributed by atoms with Crippen molar-refractivity contribution in [2.45, 2.75) is 51.9 Å². The highest BCUT2D eigenvalue weighted by molar-refractivity contribution is 6.29. The molecule has 25 heavy (non-hydrogen) atoms. The van der Waals surface area contributed by atoms with E-state index in [1.807, 2.05) is 18.3 Å². The summed E-state index contributed by atoms with van der Waals surface area (Å²) in [5.41, 5.74) is 1.33. The largest absolute Gasteiger partial charge is 0.396 e. The van der Waals surface area contributed by atoms with Crippen molar-refractivity contribution in [1.29, 1.82) is 0 Å². The van der Waals surface area contributed by atoms with E-state index in [2.05, 4.69) is 22.5 Å². The Morgan fingerprint density at radius 3 is 2.72 bits per heavy atom. The van der Waals surface area contributed by atoms with E-state index in [1.54, 1.807) is 0 Å². The lowest BCUT2D eigenvalue weighted by Crippen LogP contribution is -2.40. The molecule has 140 valence electrons.